The van der Waals surface area contributed by atoms with E-state index in [1.165, 1.54) is 27.8 Å². The SMILES string of the molecule is CCNC(CSCC)Cc1cccc2ccccc12. The molecule has 1 nitrogen and oxygen atoms in total. The Bertz CT molecular complexity index is 504. The Morgan fingerprint density at radius 2 is 1.84 bits per heavy atom. The molecule has 2 rings (SSSR count). The van der Waals surface area contributed by atoms with Crippen LogP contribution in [-0.4, -0.2) is 24.1 Å². The third-order valence-electron chi connectivity index (χ3n) is 3.36. The van der Waals surface area contributed by atoms with E-state index in [2.05, 4.69) is 61.6 Å². The molecule has 0 aromatic heterocycles. The van der Waals surface area contributed by atoms with Gasteiger partial charge in [0.15, 0.2) is 0 Å². The van der Waals surface area contributed by atoms with Crippen molar-refractivity contribution in [2.45, 2.75) is 26.3 Å². The summed E-state index contributed by atoms with van der Waals surface area (Å²) in [7, 11) is 0. The molecule has 0 saturated carbocycles. The lowest BCUT2D eigenvalue weighted by Crippen LogP contribution is -2.33. The fourth-order valence-corrected chi connectivity index (χ4v) is 3.23. The minimum absolute atomic E-state index is 0.570. The molecule has 2 aromatic carbocycles. The van der Waals surface area contributed by atoms with Gasteiger partial charge in [0, 0.05) is 11.8 Å². The predicted octanol–water partition coefficient (Wildman–Crippen LogP) is 4.11. The molecule has 1 atom stereocenters. The summed E-state index contributed by atoms with van der Waals surface area (Å²) >= 11 is 2.02. The first-order chi connectivity index (χ1) is 9.35. The van der Waals surface area contributed by atoms with E-state index in [0.29, 0.717) is 6.04 Å². The Labute approximate surface area is 120 Å². The van der Waals surface area contributed by atoms with Crippen LogP contribution >= 0.6 is 11.8 Å². The van der Waals surface area contributed by atoms with E-state index in [-0.39, 0.29) is 0 Å². The van der Waals surface area contributed by atoms with Crippen molar-refractivity contribution < 1.29 is 0 Å². The van der Waals surface area contributed by atoms with E-state index >= 15 is 0 Å². The number of thioether (sulfide) groups is 1. The minimum atomic E-state index is 0.570. The Morgan fingerprint density at radius 1 is 1.05 bits per heavy atom. The first-order valence-electron chi connectivity index (χ1n) is 7.13. The Kier molecular flexibility index (Phi) is 5.74. The molecular formula is C17H23NS. The third kappa shape index (κ3) is 3.99. The van der Waals surface area contributed by atoms with Gasteiger partial charge in [0.1, 0.15) is 0 Å². The van der Waals surface area contributed by atoms with Crippen LogP contribution < -0.4 is 5.32 Å². The zero-order valence-electron chi connectivity index (χ0n) is 11.9. The van der Waals surface area contributed by atoms with Gasteiger partial charge in [-0.25, -0.2) is 0 Å². The fourth-order valence-electron chi connectivity index (χ4n) is 2.47. The van der Waals surface area contributed by atoms with Gasteiger partial charge in [0.2, 0.25) is 0 Å². The van der Waals surface area contributed by atoms with Gasteiger partial charge < -0.3 is 5.32 Å². The molecule has 19 heavy (non-hydrogen) atoms. The zero-order valence-corrected chi connectivity index (χ0v) is 12.7. The maximum absolute atomic E-state index is 3.61. The molecule has 0 aliphatic rings. The molecule has 2 heteroatoms. The molecule has 0 aliphatic heterocycles. The summed E-state index contributed by atoms with van der Waals surface area (Å²) in [5, 5.41) is 6.35. The molecule has 1 N–H and O–H groups in total. The van der Waals surface area contributed by atoms with Gasteiger partial charge in [0.25, 0.3) is 0 Å². The van der Waals surface area contributed by atoms with Crippen LogP contribution in [0.15, 0.2) is 42.5 Å². The van der Waals surface area contributed by atoms with E-state index < -0.39 is 0 Å². The van der Waals surface area contributed by atoms with Crippen LogP contribution in [0, 0.1) is 0 Å². The van der Waals surface area contributed by atoms with Crippen molar-refractivity contribution in [3.05, 3.63) is 48.0 Å². The summed E-state index contributed by atoms with van der Waals surface area (Å²) in [4.78, 5) is 0. The fraction of sp³-hybridized carbons (Fsp3) is 0.412. The largest absolute Gasteiger partial charge is 0.313 e. The molecule has 0 bridgehead atoms. The summed E-state index contributed by atoms with van der Waals surface area (Å²) in [5.41, 5.74) is 1.46. The second-order valence-electron chi connectivity index (χ2n) is 4.76. The van der Waals surface area contributed by atoms with E-state index in [1.54, 1.807) is 0 Å². The highest BCUT2D eigenvalue weighted by Crippen LogP contribution is 2.20. The van der Waals surface area contributed by atoms with Gasteiger partial charge in [-0.3, -0.25) is 0 Å². The van der Waals surface area contributed by atoms with Crippen LogP contribution in [0.25, 0.3) is 10.8 Å². The van der Waals surface area contributed by atoms with E-state index in [4.69, 9.17) is 0 Å². The van der Waals surface area contributed by atoms with Crippen molar-refractivity contribution in [2.24, 2.45) is 0 Å². The van der Waals surface area contributed by atoms with Crippen LogP contribution in [0.2, 0.25) is 0 Å². The summed E-state index contributed by atoms with van der Waals surface area (Å²) in [6, 6.07) is 15.9. The lowest BCUT2D eigenvalue weighted by molar-refractivity contribution is 0.574. The minimum Gasteiger partial charge on any atom is -0.313 e. The Hall–Kier alpha value is -0.990. The van der Waals surface area contributed by atoms with Gasteiger partial charge >= 0.3 is 0 Å². The molecule has 0 spiro atoms. The zero-order chi connectivity index (χ0) is 13.5. The second kappa shape index (κ2) is 7.56. The second-order valence-corrected chi connectivity index (χ2v) is 6.08. The van der Waals surface area contributed by atoms with Gasteiger partial charge in [-0.1, -0.05) is 56.3 Å². The highest BCUT2D eigenvalue weighted by atomic mass is 32.2. The molecule has 2 aromatic rings. The van der Waals surface area contributed by atoms with Gasteiger partial charge in [-0.15, -0.1) is 0 Å². The number of likely N-dealkylation sites (N-methyl/N-ethyl adjacent to an activating group) is 1. The number of hydrogen-bond donors (Lipinski definition) is 1. The van der Waals surface area contributed by atoms with Crippen molar-refractivity contribution in [1.82, 2.24) is 5.32 Å². The summed E-state index contributed by atoms with van der Waals surface area (Å²) in [6.45, 7) is 5.46. The van der Waals surface area contributed by atoms with E-state index in [0.717, 1.165) is 13.0 Å². The highest BCUT2D eigenvalue weighted by molar-refractivity contribution is 7.99. The van der Waals surface area contributed by atoms with Gasteiger partial charge in [-0.2, -0.15) is 11.8 Å². The summed E-state index contributed by atoms with van der Waals surface area (Å²) in [6.07, 6.45) is 1.11. The Balaban J connectivity index is 2.18. The topological polar surface area (TPSA) is 12.0 Å². The highest BCUT2D eigenvalue weighted by Gasteiger charge is 2.10. The monoisotopic (exact) mass is 273 g/mol. The van der Waals surface area contributed by atoms with Gasteiger partial charge in [0.05, 0.1) is 0 Å². The number of fused-ring (bicyclic) bond motifs is 1. The average molecular weight is 273 g/mol. The number of benzene rings is 2. The molecule has 0 aliphatic carbocycles. The lowest BCUT2D eigenvalue weighted by Gasteiger charge is -2.18. The standard InChI is InChI=1S/C17H23NS/c1-3-18-16(13-19-4-2)12-15-10-7-9-14-8-5-6-11-17(14)15/h5-11,16,18H,3-4,12-13H2,1-2H3. The number of hydrogen-bond acceptors (Lipinski definition) is 2. The molecule has 0 radical (unpaired) electrons. The van der Waals surface area contributed by atoms with Gasteiger partial charge in [-0.05, 0) is 35.1 Å². The number of nitrogens with one attached hydrogen (secondary N) is 1. The van der Waals surface area contributed by atoms with Crippen molar-refractivity contribution >= 4 is 22.5 Å². The number of rotatable bonds is 7. The van der Waals surface area contributed by atoms with Crippen LogP contribution in [0.1, 0.15) is 19.4 Å². The smallest absolute Gasteiger partial charge is 0.0198 e. The van der Waals surface area contributed by atoms with Crippen molar-refractivity contribution in [2.75, 3.05) is 18.1 Å². The van der Waals surface area contributed by atoms with E-state index in [9.17, 15) is 0 Å². The van der Waals surface area contributed by atoms with Crippen LogP contribution in [0.3, 0.4) is 0 Å². The van der Waals surface area contributed by atoms with Crippen molar-refractivity contribution in [1.29, 1.82) is 0 Å². The molecule has 0 heterocycles. The van der Waals surface area contributed by atoms with Crippen molar-refractivity contribution in [3.63, 3.8) is 0 Å². The average Bonchev–Trinajstić information content (AvgIpc) is 2.45. The maximum atomic E-state index is 3.61. The molecule has 102 valence electrons. The third-order valence-corrected chi connectivity index (χ3v) is 4.41. The first kappa shape index (κ1) is 14.4. The molecular weight excluding hydrogens is 250 g/mol. The van der Waals surface area contributed by atoms with Crippen LogP contribution in [0.5, 0.6) is 0 Å². The predicted molar refractivity (Wildman–Crippen MR) is 88.1 cm³/mol. The first-order valence-corrected chi connectivity index (χ1v) is 8.28. The Morgan fingerprint density at radius 3 is 2.63 bits per heavy atom. The normalized spacial score (nSPS) is 12.7. The molecule has 0 saturated heterocycles. The molecule has 0 fully saturated rings. The van der Waals surface area contributed by atoms with Crippen LogP contribution in [0.4, 0.5) is 0 Å². The van der Waals surface area contributed by atoms with Crippen molar-refractivity contribution in [3.8, 4) is 0 Å². The van der Waals surface area contributed by atoms with E-state index in [1.807, 2.05) is 11.8 Å². The lowest BCUT2D eigenvalue weighted by atomic mass is 9.99. The summed E-state index contributed by atoms with van der Waals surface area (Å²) < 4.78 is 0. The molecule has 1 unspecified atom stereocenters. The maximum Gasteiger partial charge on any atom is 0.0198 e. The molecule has 0 amide bonds. The quantitative estimate of drug-likeness (QED) is 0.814. The summed E-state index contributed by atoms with van der Waals surface area (Å²) in [5.74, 6) is 2.38. The van der Waals surface area contributed by atoms with Crippen LogP contribution in [-0.2, 0) is 6.42 Å².